The van der Waals surface area contributed by atoms with E-state index >= 15 is 0 Å². The lowest BCUT2D eigenvalue weighted by molar-refractivity contribution is -0.141. The van der Waals surface area contributed by atoms with Crippen molar-refractivity contribution in [1.82, 2.24) is 24.6 Å². The molecule has 3 aromatic rings. The maximum atomic E-state index is 13.6. The van der Waals surface area contributed by atoms with Crippen molar-refractivity contribution in [2.45, 2.75) is 31.7 Å². The Morgan fingerprint density at radius 2 is 1.71 bits per heavy atom. The highest BCUT2D eigenvalue weighted by Gasteiger charge is 2.38. The van der Waals surface area contributed by atoms with Crippen LogP contribution in [0, 0.1) is 5.92 Å². The summed E-state index contributed by atoms with van der Waals surface area (Å²) in [6.45, 7) is 1.50. The van der Waals surface area contributed by atoms with Crippen molar-refractivity contribution in [2.75, 3.05) is 19.6 Å². The summed E-state index contributed by atoms with van der Waals surface area (Å²) in [5.41, 5.74) is 8.19. The number of carbonyl (C=O) groups is 3. The third kappa shape index (κ3) is 4.53. The van der Waals surface area contributed by atoms with Crippen LogP contribution in [0.5, 0.6) is 0 Å². The molecule has 9 nitrogen and oxygen atoms in total. The van der Waals surface area contributed by atoms with Gasteiger partial charge in [-0.05, 0) is 49.9 Å². The lowest BCUT2D eigenvalue weighted by Gasteiger charge is -2.34. The predicted molar refractivity (Wildman–Crippen MR) is 129 cm³/mol. The molecular formula is C26H28N6O3. The zero-order valence-corrected chi connectivity index (χ0v) is 19.4. The van der Waals surface area contributed by atoms with Crippen molar-refractivity contribution < 1.29 is 14.4 Å². The molecule has 180 valence electrons. The van der Waals surface area contributed by atoms with Gasteiger partial charge in [0.25, 0.3) is 5.91 Å². The number of likely N-dealkylation sites (tertiary alicyclic amines) is 2. The van der Waals surface area contributed by atoms with Gasteiger partial charge in [0.1, 0.15) is 11.7 Å². The molecule has 2 aliphatic rings. The first-order chi connectivity index (χ1) is 17.0. The zero-order valence-electron chi connectivity index (χ0n) is 19.4. The number of rotatable bonds is 5. The molecule has 3 amide bonds. The maximum Gasteiger partial charge on any atom is 0.257 e. The van der Waals surface area contributed by atoms with Crippen molar-refractivity contribution in [3.8, 4) is 16.9 Å². The molecule has 2 fully saturated rings. The molecule has 0 saturated carbocycles. The average Bonchev–Trinajstić information content (AvgIpc) is 3.57. The fourth-order valence-electron chi connectivity index (χ4n) is 5.02. The van der Waals surface area contributed by atoms with Gasteiger partial charge in [-0.2, -0.15) is 5.10 Å². The second-order valence-corrected chi connectivity index (χ2v) is 9.07. The number of carbonyl (C=O) groups excluding carboxylic acids is 3. The minimum absolute atomic E-state index is 0.0219. The van der Waals surface area contributed by atoms with Crippen molar-refractivity contribution in [3.05, 3.63) is 66.6 Å². The number of nitrogens with two attached hydrogens (primary N) is 1. The van der Waals surface area contributed by atoms with Gasteiger partial charge in [-0.15, -0.1) is 0 Å². The lowest BCUT2D eigenvalue weighted by Crippen LogP contribution is -2.49. The van der Waals surface area contributed by atoms with E-state index in [1.165, 1.54) is 0 Å². The van der Waals surface area contributed by atoms with Crippen LogP contribution in [0.25, 0.3) is 16.9 Å². The molecule has 2 aromatic heterocycles. The van der Waals surface area contributed by atoms with Crippen LogP contribution >= 0.6 is 0 Å². The molecule has 2 N–H and O–H groups in total. The first-order valence-electron chi connectivity index (χ1n) is 12.0. The summed E-state index contributed by atoms with van der Waals surface area (Å²) in [5.74, 6) is -0.787. The van der Waals surface area contributed by atoms with Crippen LogP contribution in [0.4, 0.5) is 0 Å². The van der Waals surface area contributed by atoms with Crippen molar-refractivity contribution in [3.63, 3.8) is 0 Å². The van der Waals surface area contributed by atoms with Crippen LogP contribution in [-0.4, -0.2) is 68.0 Å². The van der Waals surface area contributed by atoms with Crippen LogP contribution in [-0.2, 0) is 9.59 Å². The molecule has 5 rings (SSSR count). The molecule has 2 aliphatic heterocycles. The highest BCUT2D eigenvalue weighted by molar-refractivity contribution is 6.00. The maximum absolute atomic E-state index is 13.6. The smallest absolute Gasteiger partial charge is 0.257 e. The highest BCUT2D eigenvalue weighted by Crippen LogP contribution is 2.28. The van der Waals surface area contributed by atoms with E-state index in [-0.39, 0.29) is 17.7 Å². The lowest BCUT2D eigenvalue weighted by atomic mass is 9.94. The molecule has 4 heterocycles. The Kier molecular flexibility index (Phi) is 6.31. The van der Waals surface area contributed by atoms with Crippen molar-refractivity contribution in [1.29, 1.82) is 0 Å². The summed E-state index contributed by atoms with van der Waals surface area (Å²) in [5, 5.41) is 4.71. The van der Waals surface area contributed by atoms with E-state index in [1.54, 1.807) is 33.1 Å². The van der Waals surface area contributed by atoms with E-state index in [1.807, 2.05) is 42.5 Å². The molecule has 1 aromatic carbocycles. The Morgan fingerprint density at radius 1 is 0.943 bits per heavy atom. The molecule has 0 aliphatic carbocycles. The van der Waals surface area contributed by atoms with Gasteiger partial charge in [0, 0.05) is 49.7 Å². The van der Waals surface area contributed by atoms with Gasteiger partial charge in [0.15, 0.2) is 0 Å². The Labute approximate surface area is 203 Å². The first-order valence-corrected chi connectivity index (χ1v) is 12.0. The molecule has 0 radical (unpaired) electrons. The molecular weight excluding hydrogens is 444 g/mol. The standard InChI is InChI=1S/C26H28N6O3/c27-24(33)22-9-5-13-31(22)25(34)18-10-14-30(15-11-18)26(35)21-17-32(20-7-2-1-3-8-20)29-23(21)19-6-4-12-28-16-19/h1-4,6-8,12,16-18,22H,5,9-11,13-15H2,(H2,27,33)/t22-/m1/s1. The van der Waals surface area contributed by atoms with Gasteiger partial charge < -0.3 is 15.5 Å². The fraction of sp³-hybridized carbons (Fsp3) is 0.346. The van der Waals surface area contributed by atoms with E-state index in [4.69, 9.17) is 10.8 Å². The Morgan fingerprint density at radius 3 is 2.40 bits per heavy atom. The topological polar surface area (TPSA) is 114 Å². The summed E-state index contributed by atoms with van der Waals surface area (Å²) in [7, 11) is 0. The monoisotopic (exact) mass is 472 g/mol. The molecule has 35 heavy (non-hydrogen) atoms. The summed E-state index contributed by atoms with van der Waals surface area (Å²) in [4.78, 5) is 46.0. The van der Waals surface area contributed by atoms with Crippen LogP contribution in [0.1, 0.15) is 36.0 Å². The van der Waals surface area contributed by atoms with E-state index in [0.717, 1.165) is 17.7 Å². The number of hydrogen-bond donors (Lipinski definition) is 1. The number of aromatic nitrogens is 3. The summed E-state index contributed by atoms with van der Waals surface area (Å²) in [6.07, 6.45) is 7.68. The highest BCUT2D eigenvalue weighted by atomic mass is 16.2. The zero-order chi connectivity index (χ0) is 24.4. The number of piperidine rings is 1. The molecule has 9 heteroatoms. The number of hydrogen-bond acceptors (Lipinski definition) is 5. The van der Waals surface area contributed by atoms with Gasteiger partial charge in [-0.3, -0.25) is 19.4 Å². The van der Waals surface area contributed by atoms with Gasteiger partial charge in [-0.25, -0.2) is 4.68 Å². The largest absolute Gasteiger partial charge is 0.368 e. The minimum atomic E-state index is -0.506. The molecule has 1 atom stereocenters. The Balaban J connectivity index is 1.34. The fourth-order valence-corrected chi connectivity index (χ4v) is 5.02. The van der Waals surface area contributed by atoms with Crippen LogP contribution in [0.15, 0.2) is 61.1 Å². The summed E-state index contributed by atoms with van der Waals surface area (Å²) >= 11 is 0. The number of benzene rings is 1. The number of pyridine rings is 1. The van der Waals surface area contributed by atoms with Gasteiger partial charge in [0.2, 0.25) is 11.8 Å². The predicted octanol–water partition coefficient (Wildman–Crippen LogP) is 2.26. The quantitative estimate of drug-likeness (QED) is 0.612. The van der Waals surface area contributed by atoms with Crippen LogP contribution in [0.2, 0.25) is 0 Å². The Bertz CT molecular complexity index is 1220. The van der Waals surface area contributed by atoms with Gasteiger partial charge in [0.05, 0.1) is 11.3 Å². The van der Waals surface area contributed by atoms with E-state index in [9.17, 15) is 14.4 Å². The molecule has 0 bridgehead atoms. The van der Waals surface area contributed by atoms with Crippen molar-refractivity contribution >= 4 is 17.7 Å². The van der Waals surface area contributed by atoms with Gasteiger partial charge >= 0.3 is 0 Å². The second kappa shape index (κ2) is 9.69. The molecule has 0 unspecified atom stereocenters. The van der Waals surface area contributed by atoms with Gasteiger partial charge in [-0.1, -0.05) is 18.2 Å². The van der Waals surface area contributed by atoms with Crippen LogP contribution < -0.4 is 5.73 Å². The van der Waals surface area contributed by atoms with E-state index in [2.05, 4.69) is 4.98 Å². The Hall–Kier alpha value is -4.01. The minimum Gasteiger partial charge on any atom is -0.368 e. The third-order valence-corrected chi connectivity index (χ3v) is 6.90. The normalized spacial score (nSPS) is 18.6. The van der Waals surface area contributed by atoms with E-state index < -0.39 is 11.9 Å². The number of amides is 3. The number of para-hydroxylation sites is 1. The average molecular weight is 473 g/mol. The molecule has 0 spiro atoms. The summed E-state index contributed by atoms with van der Waals surface area (Å²) < 4.78 is 1.71. The van der Waals surface area contributed by atoms with Crippen molar-refractivity contribution in [2.24, 2.45) is 11.7 Å². The number of primary amides is 1. The van der Waals surface area contributed by atoms with Crippen LogP contribution in [0.3, 0.4) is 0 Å². The first kappa shape index (κ1) is 22.8. The number of nitrogens with zero attached hydrogens (tertiary/aromatic N) is 5. The van der Waals surface area contributed by atoms with E-state index in [0.29, 0.717) is 50.2 Å². The molecule has 2 saturated heterocycles. The SMILES string of the molecule is NC(=O)[C@H]1CCCN1C(=O)C1CCN(C(=O)c2cn(-c3ccccc3)nc2-c2cccnc2)CC1. The summed E-state index contributed by atoms with van der Waals surface area (Å²) in [6, 6.07) is 12.8. The third-order valence-electron chi connectivity index (χ3n) is 6.90. The second-order valence-electron chi connectivity index (χ2n) is 9.07.